The summed E-state index contributed by atoms with van der Waals surface area (Å²) in [5, 5.41) is 19.3. The first-order chi connectivity index (χ1) is 13.7. The van der Waals surface area contributed by atoms with E-state index in [2.05, 4.69) is 23.1 Å². The highest BCUT2D eigenvalue weighted by molar-refractivity contribution is 5.78. The van der Waals surface area contributed by atoms with Gasteiger partial charge in [0.15, 0.2) is 0 Å². The molecule has 0 radical (unpaired) electrons. The number of fused-ring (bicyclic) bond motifs is 3. The van der Waals surface area contributed by atoms with Crippen molar-refractivity contribution in [1.29, 1.82) is 0 Å². The van der Waals surface area contributed by atoms with Crippen LogP contribution in [0, 0.1) is 0 Å². The SMILES string of the molecule is O=C(O)N1CC[C@H]2[C@@H](C1)c1cc(-c3ccccc3CO)cc3c1N2CCCC3. The standard InChI is InChI=1S/C23H26N2O3/c26-14-16-6-1-2-7-18(16)17-11-15-5-3-4-9-25-21-8-10-24(23(27)28)13-20(21)19(12-17)22(15)25/h1-2,6-7,11-12,20-21,26H,3-5,8-10,13-14H2,(H,27,28)/t20-,21-/m0/s1. The second-order valence-electron chi connectivity index (χ2n) is 8.23. The second kappa shape index (κ2) is 6.82. The lowest BCUT2D eigenvalue weighted by atomic mass is 9.86. The van der Waals surface area contributed by atoms with E-state index < -0.39 is 6.09 Å². The van der Waals surface area contributed by atoms with Crippen LogP contribution < -0.4 is 4.90 Å². The number of hydrogen-bond donors (Lipinski definition) is 2. The second-order valence-corrected chi connectivity index (χ2v) is 8.23. The summed E-state index contributed by atoms with van der Waals surface area (Å²) in [6.07, 6.45) is 3.52. The predicted molar refractivity (Wildman–Crippen MR) is 109 cm³/mol. The van der Waals surface area contributed by atoms with Gasteiger partial charge in [-0.2, -0.15) is 0 Å². The molecule has 28 heavy (non-hydrogen) atoms. The minimum atomic E-state index is -0.812. The Morgan fingerprint density at radius 2 is 2.00 bits per heavy atom. The molecule has 5 rings (SSSR count). The molecule has 2 aromatic rings. The van der Waals surface area contributed by atoms with Crippen LogP contribution in [0.5, 0.6) is 0 Å². The van der Waals surface area contributed by atoms with Crippen LogP contribution in [-0.4, -0.2) is 46.9 Å². The van der Waals surface area contributed by atoms with Gasteiger partial charge in [-0.05, 0) is 65.6 Å². The molecule has 146 valence electrons. The molecule has 0 aromatic heterocycles. The number of anilines is 1. The Labute approximate surface area is 165 Å². The average Bonchev–Trinajstić information content (AvgIpc) is 2.88. The molecule has 1 saturated heterocycles. The molecule has 2 aromatic carbocycles. The van der Waals surface area contributed by atoms with Crippen LogP contribution in [0.4, 0.5) is 10.5 Å². The maximum absolute atomic E-state index is 11.6. The summed E-state index contributed by atoms with van der Waals surface area (Å²) in [6.45, 7) is 2.29. The Bertz CT molecular complexity index is 926. The van der Waals surface area contributed by atoms with Gasteiger partial charge in [0, 0.05) is 37.3 Å². The van der Waals surface area contributed by atoms with E-state index in [0.717, 1.165) is 36.1 Å². The van der Waals surface area contributed by atoms with E-state index in [4.69, 9.17) is 0 Å². The highest BCUT2D eigenvalue weighted by Crippen LogP contribution is 2.49. The van der Waals surface area contributed by atoms with E-state index in [0.29, 0.717) is 19.1 Å². The number of aryl methyl sites for hydroxylation is 1. The van der Waals surface area contributed by atoms with E-state index in [9.17, 15) is 15.0 Å². The van der Waals surface area contributed by atoms with Gasteiger partial charge >= 0.3 is 6.09 Å². The Kier molecular flexibility index (Phi) is 4.27. The van der Waals surface area contributed by atoms with Crippen molar-refractivity contribution in [3.8, 4) is 11.1 Å². The Morgan fingerprint density at radius 3 is 2.82 bits per heavy atom. The minimum Gasteiger partial charge on any atom is -0.465 e. The number of piperidine rings is 1. The van der Waals surface area contributed by atoms with Gasteiger partial charge in [0.2, 0.25) is 0 Å². The Balaban J connectivity index is 1.65. The lowest BCUT2D eigenvalue weighted by molar-refractivity contribution is 0.127. The van der Waals surface area contributed by atoms with Crippen LogP contribution in [-0.2, 0) is 13.0 Å². The third-order valence-corrected chi connectivity index (χ3v) is 6.75. The highest BCUT2D eigenvalue weighted by atomic mass is 16.4. The fourth-order valence-corrected chi connectivity index (χ4v) is 5.47. The molecule has 2 atom stereocenters. The summed E-state index contributed by atoms with van der Waals surface area (Å²) in [4.78, 5) is 15.7. The number of carboxylic acid groups (broad SMARTS) is 1. The van der Waals surface area contributed by atoms with Crippen molar-refractivity contribution in [2.24, 2.45) is 0 Å². The average molecular weight is 378 g/mol. The van der Waals surface area contributed by atoms with Gasteiger partial charge in [-0.3, -0.25) is 0 Å². The molecular weight excluding hydrogens is 352 g/mol. The minimum absolute atomic E-state index is 0.0214. The molecule has 0 saturated carbocycles. The summed E-state index contributed by atoms with van der Waals surface area (Å²) in [5.74, 6) is 0.234. The molecule has 3 aliphatic rings. The summed E-state index contributed by atoms with van der Waals surface area (Å²) < 4.78 is 0. The number of likely N-dealkylation sites (tertiary alicyclic amines) is 1. The Morgan fingerprint density at radius 1 is 1.14 bits per heavy atom. The molecule has 0 unspecified atom stereocenters. The molecule has 1 amide bonds. The van der Waals surface area contributed by atoms with Gasteiger partial charge in [-0.25, -0.2) is 4.79 Å². The van der Waals surface area contributed by atoms with Gasteiger partial charge in [0.05, 0.1) is 6.61 Å². The van der Waals surface area contributed by atoms with Crippen molar-refractivity contribution in [2.45, 2.75) is 44.2 Å². The molecule has 5 nitrogen and oxygen atoms in total. The normalized spacial score (nSPS) is 23.2. The number of amides is 1. The van der Waals surface area contributed by atoms with Crippen LogP contribution >= 0.6 is 0 Å². The number of aliphatic hydroxyl groups excluding tert-OH is 1. The molecule has 0 spiro atoms. The maximum atomic E-state index is 11.6. The highest BCUT2D eigenvalue weighted by Gasteiger charge is 2.44. The molecule has 0 bridgehead atoms. The number of aliphatic hydroxyl groups is 1. The van der Waals surface area contributed by atoms with Gasteiger partial charge in [-0.15, -0.1) is 0 Å². The zero-order valence-electron chi connectivity index (χ0n) is 16.0. The van der Waals surface area contributed by atoms with E-state index in [1.165, 1.54) is 29.7 Å². The Hall–Kier alpha value is -2.53. The third kappa shape index (κ3) is 2.68. The molecule has 1 fully saturated rings. The number of hydrogen-bond acceptors (Lipinski definition) is 3. The number of carbonyl (C=O) groups is 1. The number of benzene rings is 2. The van der Waals surface area contributed by atoms with Crippen molar-refractivity contribution < 1.29 is 15.0 Å². The monoisotopic (exact) mass is 378 g/mol. The van der Waals surface area contributed by atoms with E-state index in [1.54, 1.807) is 4.90 Å². The van der Waals surface area contributed by atoms with Crippen LogP contribution in [0.2, 0.25) is 0 Å². The van der Waals surface area contributed by atoms with Gasteiger partial charge in [0.25, 0.3) is 0 Å². The van der Waals surface area contributed by atoms with Gasteiger partial charge < -0.3 is 20.0 Å². The van der Waals surface area contributed by atoms with E-state index >= 15 is 0 Å². The van der Waals surface area contributed by atoms with Crippen molar-refractivity contribution in [1.82, 2.24) is 4.90 Å². The molecule has 3 aliphatic heterocycles. The van der Waals surface area contributed by atoms with E-state index in [1.807, 2.05) is 18.2 Å². The zero-order valence-corrected chi connectivity index (χ0v) is 16.0. The summed E-state index contributed by atoms with van der Waals surface area (Å²) >= 11 is 0. The smallest absolute Gasteiger partial charge is 0.407 e. The number of rotatable bonds is 2. The first-order valence-electron chi connectivity index (χ1n) is 10.3. The van der Waals surface area contributed by atoms with Gasteiger partial charge in [0.1, 0.15) is 0 Å². The van der Waals surface area contributed by atoms with Crippen molar-refractivity contribution in [3.05, 3.63) is 53.1 Å². The van der Waals surface area contributed by atoms with Crippen molar-refractivity contribution >= 4 is 11.8 Å². The quantitative estimate of drug-likeness (QED) is 0.833. The van der Waals surface area contributed by atoms with Crippen LogP contribution in [0.15, 0.2) is 36.4 Å². The van der Waals surface area contributed by atoms with Crippen molar-refractivity contribution in [3.63, 3.8) is 0 Å². The lowest BCUT2D eigenvalue weighted by Gasteiger charge is -2.37. The topological polar surface area (TPSA) is 64.0 Å². The van der Waals surface area contributed by atoms with Crippen molar-refractivity contribution in [2.75, 3.05) is 24.5 Å². The summed E-state index contributed by atoms with van der Waals surface area (Å²) in [6, 6.07) is 13.0. The molecule has 5 heteroatoms. The molecular formula is C23H26N2O3. The third-order valence-electron chi connectivity index (χ3n) is 6.75. The number of nitrogens with zero attached hydrogens (tertiary/aromatic N) is 2. The van der Waals surface area contributed by atoms with Crippen LogP contribution in [0.3, 0.4) is 0 Å². The zero-order chi connectivity index (χ0) is 19.3. The summed E-state index contributed by atoms with van der Waals surface area (Å²) in [5.41, 5.74) is 7.21. The molecule has 3 heterocycles. The first kappa shape index (κ1) is 17.6. The fraction of sp³-hybridized carbons (Fsp3) is 0.435. The predicted octanol–water partition coefficient (Wildman–Crippen LogP) is 3.84. The first-order valence-corrected chi connectivity index (χ1v) is 10.3. The molecule has 2 N–H and O–H groups in total. The van der Waals surface area contributed by atoms with E-state index in [-0.39, 0.29) is 12.5 Å². The summed E-state index contributed by atoms with van der Waals surface area (Å²) in [7, 11) is 0. The fourth-order valence-electron chi connectivity index (χ4n) is 5.47. The van der Waals surface area contributed by atoms with Gasteiger partial charge in [-0.1, -0.05) is 24.3 Å². The van der Waals surface area contributed by atoms with Crippen LogP contribution in [0.1, 0.15) is 41.9 Å². The lowest BCUT2D eigenvalue weighted by Crippen LogP contribution is -2.48. The van der Waals surface area contributed by atoms with Crippen LogP contribution in [0.25, 0.3) is 11.1 Å². The molecule has 0 aliphatic carbocycles. The maximum Gasteiger partial charge on any atom is 0.407 e. The largest absolute Gasteiger partial charge is 0.465 e.